The van der Waals surface area contributed by atoms with Crippen molar-refractivity contribution in [3.8, 4) is 22.5 Å². The number of amides is 1. The van der Waals surface area contributed by atoms with Gasteiger partial charge in [-0.05, 0) is 54.6 Å². The van der Waals surface area contributed by atoms with Gasteiger partial charge in [0.1, 0.15) is 17.7 Å². The molecule has 2 atom stereocenters. The van der Waals surface area contributed by atoms with Crippen molar-refractivity contribution in [2.75, 3.05) is 13.7 Å². The Morgan fingerprint density at radius 2 is 1.91 bits per heavy atom. The number of halogens is 2. The van der Waals surface area contributed by atoms with E-state index in [1.165, 1.54) is 37.4 Å². The molecule has 0 spiro atoms. The van der Waals surface area contributed by atoms with Crippen LogP contribution in [0.3, 0.4) is 0 Å². The predicted molar refractivity (Wildman–Crippen MR) is 122 cm³/mol. The molecule has 2 heterocycles. The van der Waals surface area contributed by atoms with Gasteiger partial charge in [-0.2, -0.15) is 5.10 Å². The van der Waals surface area contributed by atoms with E-state index >= 15 is 0 Å². The number of nitrogens with one attached hydrogen (secondary N) is 2. The molecule has 0 fully saturated rings. The van der Waals surface area contributed by atoms with Gasteiger partial charge in [-0.15, -0.1) is 0 Å². The Bertz CT molecular complexity index is 1260. The maximum Gasteiger partial charge on any atom is 0.252 e. The zero-order chi connectivity index (χ0) is 24.1. The summed E-state index contributed by atoms with van der Waals surface area (Å²) in [6.45, 7) is -0.426. The summed E-state index contributed by atoms with van der Waals surface area (Å²) < 4.78 is 33.6. The van der Waals surface area contributed by atoms with Gasteiger partial charge in [0, 0.05) is 24.4 Å². The van der Waals surface area contributed by atoms with E-state index in [4.69, 9.17) is 4.74 Å². The topological polar surface area (TPSA) is 100 Å². The Kier molecular flexibility index (Phi) is 7.05. The Labute approximate surface area is 194 Å². The van der Waals surface area contributed by atoms with Gasteiger partial charge in [0.25, 0.3) is 5.91 Å². The second kappa shape index (κ2) is 10.3. The number of aromatic nitrogens is 3. The van der Waals surface area contributed by atoms with Crippen LogP contribution >= 0.6 is 0 Å². The van der Waals surface area contributed by atoms with Crippen LogP contribution in [0.5, 0.6) is 0 Å². The van der Waals surface area contributed by atoms with Crippen molar-refractivity contribution in [3.05, 3.63) is 95.8 Å². The standard InChI is InChI=1S/C25H22F2N4O3/c1-34-24(19-7-2-3-12-28-19)22(14-32)29-25(33)17-5-4-6-18(27)23(17)21-13-20(30-31-21)15-8-10-16(26)11-9-15/h2-13,22,24,32H,14H2,1H3,(H,29,33)(H,30,31)/t22-,24?/m0/s1. The number of H-pyrrole nitrogens is 1. The average Bonchev–Trinajstić information content (AvgIpc) is 3.34. The molecule has 2 aromatic carbocycles. The molecule has 0 saturated heterocycles. The highest BCUT2D eigenvalue weighted by atomic mass is 19.1. The molecule has 3 N–H and O–H groups in total. The molecular weight excluding hydrogens is 442 g/mol. The summed E-state index contributed by atoms with van der Waals surface area (Å²) in [5.41, 5.74) is 1.96. The molecule has 1 unspecified atom stereocenters. The SMILES string of the molecule is COC(c1ccccn1)[C@H](CO)NC(=O)c1cccc(F)c1-c1cc(-c2ccc(F)cc2)n[nH]1. The van der Waals surface area contributed by atoms with Crippen LogP contribution in [0.25, 0.3) is 22.5 Å². The molecule has 34 heavy (non-hydrogen) atoms. The van der Waals surface area contributed by atoms with E-state index in [0.717, 1.165) is 0 Å². The first-order valence-electron chi connectivity index (χ1n) is 10.5. The molecular formula is C25H22F2N4O3. The minimum absolute atomic E-state index is 0.0179. The summed E-state index contributed by atoms with van der Waals surface area (Å²) in [7, 11) is 1.45. The van der Waals surface area contributed by atoms with E-state index in [9.17, 15) is 18.7 Å². The fraction of sp³-hybridized carbons (Fsp3) is 0.160. The van der Waals surface area contributed by atoms with Crippen LogP contribution in [0, 0.1) is 11.6 Å². The van der Waals surface area contributed by atoms with Gasteiger partial charge >= 0.3 is 0 Å². The van der Waals surface area contributed by atoms with E-state index in [1.807, 2.05) is 0 Å². The van der Waals surface area contributed by atoms with E-state index in [1.54, 1.807) is 42.6 Å². The highest BCUT2D eigenvalue weighted by molar-refractivity contribution is 6.01. The molecule has 174 valence electrons. The summed E-state index contributed by atoms with van der Waals surface area (Å²) in [6, 6.07) is 15.8. The van der Waals surface area contributed by atoms with Gasteiger partial charge in [-0.1, -0.05) is 12.1 Å². The average molecular weight is 464 g/mol. The number of hydrogen-bond donors (Lipinski definition) is 3. The lowest BCUT2D eigenvalue weighted by atomic mass is 10.0. The highest BCUT2D eigenvalue weighted by Gasteiger charge is 2.27. The third-order valence-electron chi connectivity index (χ3n) is 5.36. The molecule has 4 aromatic rings. The van der Waals surface area contributed by atoms with Crippen LogP contribution < -0.4 is 5.32 Å². The number of aliphatic hydroxyl groups excluding tert-OH is 1. The minimum atomic E-state index is -0.833. The number of ether oxygens (including phenoxy) is 1. The summed E-state index contributed by atoms with van der Waals surface area (Å²) in [4.78, 5) is 17.4. The number of aromatic amines is 1. The lowest BCUT2D eigenvalue weighted by Gasteiger charge is -2.25. The maximum absolute atomic E-state index is 14.9. The van der Waals surface area contributed by atoms with Crippen molar-refractivity contribution in [1.82, 2.24) is 20.5 Å². The van der Waals surface area contributed by atoms with Gasteiger partial charge < -0.3 is 15.2 Å². The molecule has 1 amide bonds. The summed E-state index contributed by atoms with van der Waals surface area (Å²) in [6.07, 6.45) is 0.864. The molecule has 4 rings (SSSR count). The first-order valence-corrected chi connectivity index (χ1v) is 10.5. The molecule has 0 aliphatic heterocycles. The van der Waals surface area contributed by atoms with E-state index in [-0.39, 0.29) is 22.6 Å². The number of hydrogen-bond acceptors (Lipinski definition) is 5. The molecule has 0 bridgehead atoms. The molecule has 9 heteroatoms. The van der Waals surface area contributed by atoms with Crippen LogP contribution in [-0.2, 0) is 4.74 Å². The number of carbonyl (C=O) groups is 1. The smallest absolute Gasteiger partial charge is 0.252 e. The van der Waals surface area contributed by atoms with Crippen molar-refractivity contribution in [3.63, 3.8) is 0 Å². The Morgan fingerprint density at radius 3 is 2.59 bits per heavy atom. The number of pyridine rings is 1. The van der Waals surface area contributed by atoms with Crippen LogP contribution in [0.2, 0.25) is 0 Å². The van der Waals surface area contributed by atoms with Gasteiger partial charge in [-0.25, -0.2) is 8.78 Å². The maximum atomic E-state index is 14.9. The molecule has 0 aliphatic rings. The van der Waals surface area contributed by atoms with E-state index in [2.05, 4.69) is 20.5 Å². The summed E-state index contributed by atoms with van der Waals surface area (Å²) in [5.74, 6) is -1.62. The molecule has 2 aromatic heterocycles. The van der Waals surface area contributed by atoms with Gasteiger partial charge in [0.2, 0.25) is 0 Å². The molecule has 0 radical (unpaired) electrons. The number of benzene rings is 2. The van der Waals surface area contributed by atoms with Crippen LogP contribution in [0.1, 0.15) is 22.2 Å². The Hall–Kier alpha value is -3.95. The monoisotopic (exact) mass is 464 g/mol. The van der Waals surface area contributed by atoms with Gasteiger partial charge in [-0.3, -0.25) is 14.9 Å². The summed E-state index contributed by atoms with van der Waals surface area (Å²) in [5, 5.41) is 19.6. The molecule has 0 aliphatic carbocycles. The first kappa shape index (κ1) is 23.2. The quantitative estimate of drug-likeness (QED) is 0.367. The normalized spacial score (nSPS) is 12.8. The van der Waals surface area contributed by atoms with Crippen LogP contribution in [0.15, 0.2) is 72.9 Å². The predicted octanol–water partition coefficient (Wildman–Crippen LogP) is 3.90. The largest absolute Gasteiger partial charge is 0.394 e. The van der Waals surface area contributed by atoms with Crippen molar-refractivity contribution in [2.24, 2.45) is 0 Å². The minimum Gasteiger partial charge on any atom is -0.394 e. The number of rotatable bonds is 8. The second-order valence-electron chi connectivity index (χ2n) is 7.51. The molecule has 0 saturated carbocycles. The lowest BCUT2D eigenvalue weighted by Crippen LogP contribution is -2.43. The van der Waals surface area contributed by atoms with Crippen molar-refractivity contribution in [2.45, 2.75) is 12.1 Å². The van der Waals surface area contributed by atoms with Crippen molar-refractivity contribution in [1.29, 1.82) is 0 Å². The first-order chi connectivity index (χ1) is 16.5. The zero-order valence-electron chi connectivity index (χ0n) is 18.2. The van der Waals surface area contributed by atoms with E-state index in [0.29, 0.717) is 17.0 Å². The van der Waals surface area contributed by atoms with E-state index < -0.39 is 30.5 Å². The van der Waals surface area contributed by atoms with Crippen LogP contribution in [0.4, 0.5) is 8.78 Å². The second-order valence-corrected chi connectivity index (χ2v) is 7.51. The number of methoxy groups -OCH3 is 1. The fourth-order valence-electron chi connectivity index (χ4n) is 3.70. The lowest BCUT2D eigenvalue weighted by molar-refractivity contribution is 0.0390. The number of carbonyl (C=O) groups excluding carboxylic acids is 1. The van der Waals surface area contributed by atoms with Crippen molar-refractivity contribution >= 4 is 5.91 Å². The third-order valence-corrected chi connectivity index (χ3v) is 5.36. The van der Waals surface area contributed by atoms with Gasteiger partial charge in [0.05, 0.1) is 35.3 Å². The highest BCUT2D eigenvalue weighted by Crippen LogP contribution is 2.29. The summed E-state index contributed by atoms with van der Waals surface area (Å²) >= 11 is 0. The van der Waals surface area contributed by atoms with Gasteiger partial charge in [0.15, 0.2) is 0 Å². The van der Waals surface area contributed by atoms with Crippen LogP contribution in [-0.4, -0.2) is 46.0 Å². The fourth-order valence-corrected chi connectivity index (χ4v) is 3.70. The number of nitrogens with zero attached hydrogens (tertiary/aromatic N) is 2. The van der Waals surface area contributed by atoms with Crippen molar-refractivity contribution < 1.29 is 23.4 Å². The zero-order valence-corrected chi connectivity index (χ0v) is 18.2. The Morgan fingerprint density at radius 1 is 1.12 bits per heavy atom. The third kappa shape index (κ3) is 4.85. The number of aliphatic hydroxyl groups is 1. The molecule has 7 nitrogen and oxygen atoms in total. The Balaban J connectivity index is 1.64.